The molecular weight excluding hydrogens is 521 g/mol. The normalized spacial score (nSPS) is 21.0. The second-order valence-corrected chi connectivity index (χ2v) is 8.50. The number of benzene rings is 1. The van der Waals surface area contributed by atoms with Crippen molar-refractivity contribution in [3.63, 3.8) is 0 Å². The van der Waals surface area contributed by atoms with E-state index in [1.54, 1.807) is 4.90 Å². The number of amides is 1. The van der Waals surface area contributed by atoms with Gasteiger partial charge in [0.05, 0.1) is 11.3 Å². The number of rotatable bonds is 7. The van der Waals surface area contributed by atoms with E-state index in [2.05, 4.69) is 10.2 Å². The van der Waals surface area contributed by atoms with Crippen LogP contribution < -0.4 is 10.2 Å². The summed E-state index contributed by atoms with van der Waals surface area (Å²) >= 11 is 0. The number of carbonyl (C=O) groups is 1. The Morgan fingerprint density at radius 3 is 2.24 bits per heavy atom. The van der Waals surface area contributed by atoms with Gasteiger partial charge in [0.1, 0.15) is 12.4 Å². The molecule has 0 spiro atoms. The Kier molecular flexibility index (Phi) is 14.7. The van der Waals surface area contributed by atoms with Gasteiger partial charge in [-0.1, -0.05) is 0 Å². The fraction of sp³-hybridized carbons (Fsp3) is 0.682. The highest BCUT2D eigenvalue weighted by Gasteiger charge is 2.32. The van der Waals surface area contributed by atoms with Gasteiger partial charge in [-0.25, -0.2) is 4.39 Å². The molecule has 198 valence electrons. The molecule has 0 radical (unpaired) electrons. The van der Waals surface area contributed by atoms with Gasteiger partial charge in [-0.15, -0.1) is 37.2 Å². The van der Waals surface area contributed by atoms with Crippen molar-refractivity contribution in [2.24, 2.45) is 5.92 Å². The number of alkyl halides is 3. The summed E-state index contributed by atoms with van der Waals surface area (Å²) in [5.41, 5.74) is -0.788. The van der Waals surface area contributed by atoms with Crippen LogP contribution in [0, 0.1) is 11.7 Å². The quantitative estimate of drug-likeness (QED) is 0.485. The molecule has 2 fully saturated rings. The lowest BCUT2D eigenvalue weighted by Crippen LogP contribution is -2.47. The third-order valence-corrected chi connectivity index (χ3v) is 6.33. The van der Waals surface area contributed by atoms with Crippen LogP contribution in [0.25, 0.3) is 0 Å². The van der Waals surface area contributed by atoms with Gasteiger partial charge in [-0.05, 0) is 62.8 Å². The van der Waals surface area contributed by atoms with Gasteiger partial charge >= 0.3 is 6.18 Å². The lowest BCUT2D eigenvalue weighted by Gasteiger charge is -2.37. The summed E-state index contributed by atoms with van der Waals surface area (Å²) in [6.45, 7) is 3.46. The first-order chi connectivity index (χ1) is 14.8. The van der Waals surface area contributed by atoms with Gasteiger partial charge < -0.3 is 15.0 Å². The van der Waals surface area contributed by atoms with E-state index in [-0.39, 0.29) is 61.5 Å². The largest absolute Gasteiger partial charge is 0.416 e. The number of nitrogens with one attached hydrogen (secondary N) is 1. The van der Waals surface area contributed by atoms with Gasteiger partial charge in [-0.3, -0.25) is 9.69 Å². The fourth-order valence-electron chi connectivity index (χ4n) is 4.50. The minimum absolute atomic E-state index is 0. The molecule has 1 aliphatic heterocycles. The SMILES string of the molecule is COCC(=O)NC1CCC(CCN2CCN(c3cc(C(F)(F)F)ccc3F)CC2)CC1.Cl.Cl.Cl. The Morgan fingerprint density at radius 1 is 1.06 bits per heavy atom. The number of carbonyl (C=O) groups excluding carboxylic acids is 1. The van der Waals surface area contributed by atoms with Crippen LogP contribution in [0.1, 0.15) is 37.7 Å². The smallest absolute Gasteiger partial charge is 0.375 e. The molecular formula is C22H34Cl3F4N3O2. The zero-order valence-corrected chi connectivity index (χ0v) is 21.6. The van der Waals surface area contributed by atoms with Gasteiger partial charge in [-0.2, -0.15) is 13.2 Å². The Hall–Kier alpha value is -1.00. The summed E-state index contributed by atoms with van der Waals surface area (Å²) in [6.07, 6.45) is 0.693. The fourth-order valence-corrected chi connectivity index (χ4v) is 4.50. The van der Waals surface area contributed by atoms with Crippen LogP contribution in [-0.2, 0) is 15.7 Å². The van der Waals surface area contributed by atoms with Gasteiger partial charge in [0.25, 0.3) is 0 Å². The summed E-state index contributed by atoms with van der Waals surface area (Å²) in [5, 5.41) is 3.00. The molecule has 3 rings (SSSR count). The van der Waals surface area contributed by atoms with Crippen LogP contribution in [-0.4, -0.2) is 63.3 Å². The zero-order chi connectivity index (χ0) is 22.4. The predicted octanol–water partition coefficient (Wildman–Crippen LogP) is 4.94. The molecule has 0 unspecified atom stereocenters. The van der Waals surface area contributed by atoms with E-state index < -0.39 is 17.6 Å². The second-order valence-electron chi connectivity index (χ2n) is 8.50. The minimum Gasteiger partial charge on any atom is -0.375 e. The van der Waals surface area contributed by atoms with Crippen molar-refractivity contribution in [3.8, 4) is 0 Å². The van der Waals surface area contributed by atoms with Crippen molar-refractivity contribution in [1.82, 2.24) is 10.2 Å². The Labute approximate surface area is 217 Å². The first kappa shape index (κ1) is 33.0. The number of hydrogen-bond acceptors (Lipinski definition) is 4. The zero-order valence-electron chi connectivity index (χ0n) is 19.1. The molecule has 34 heavy (non-hydrogen) atoms. The molecule has 1 aromatic carbocycles. The van der Waals surface area contributed by atoms with Crippen molar-refractivity contribution in [2.75, 3.05) is 51.3 Å². The molecule has 2 aliphatic rings. The molecule has 1 saturated heterocycles. The highest BCUT2D eigenvalue weighted by molar-refractivity contribution is 5.86. The van der Waals surface area contributed by atoms with E-state index >= 15 is 0 Å². The van der Waals surface area contributed by atoms with E-state index in [0.717, 1.165) is 56.8 Å². The van der Waals surface area contributed by atoms with E-state index in [4.69, 9.17) is 4.74 Å². The number of anilines is 1. The number of piperazine rings is 1. The van der Waals surface area contributed by atoms with E-state index in [1.165, 1.54) is 7.11 Å². The van der Waals surface area contributed by atoms with E-state index in [0.29, 0.717) is 32.1 Å². The topological polar surface area (TPSA) is 44.8 Å². The Balaban J connectivity index is 0.00000363. The lowest BCUT2D eigenvalue weighted by molar-refractivity contribution is -0.137. The number of ether oxygens (including phenoxy) is 1. The molecule has 1 saturated carbocycles. The van der Waals surface area contributed by atoms with E-state index in [1.807, 2.05) is 0 Å². The molecule has 12 heteroatoms. The van der Waals surface area contributed by atoms with Crippen molar-refractivity contribution in [2.45, 2.75) is 44.3 Å². The monoisotopic (exact) mass is 553 g/mol. The van der Waals surface area contributed by atoms with E-state index in [9.17, 15) is 22.4 Å². The van der Waals surface area contributed by atoms with Gasteiger partial charge in [0.2, 0.25) is 5.91 Å². The van der Waals surface area contributed by atoms with Crippen molar-refractivity contribution in [3.05, 3.63) is 29.6 Å². The van der Waals surface area contributed by atoms with Crippen molar-refractivity contribution < 1.29 is 27.1 Å². The molecule has 1 N–H and O–H groups in total. The second kappa shape index (κ2) is 15.2. The summed E-state index contributed by atoms with van der Waals surface area (Å²) < 4.78 is 57.8. The number of nitrogens with zero attached hydrogens (tertiary/aromatic N) is 2. The van der Waals surface area contributed by atoms with Crippen LogP contribution in [0.4, 0.5) is 23.2 Å². The standard InChI is InChI=1S/C22H31F4N3O2.3ClH/c1-31-15-21(30)27-18-5-2-16(3-6-18)8-9-28-10-12-29(13-11-28)20-14-17(22(24,25)26)4-7-19(20)23;;;/h4,7,14,16,18H,2-3,5-6,8-13,15H2,1H3,(H,27,30);3*1H. The molecule has 0 bridgehead atoms. The maximum atomic E-state index is 14.1. The Bertz CT molecular complexity index is 743. The molecule has 0 atom stereocenters. The average molecular weight is 555 g/mol. The van der Waals surface area contributed by atoms with Crippen LogP contribution in [0.5, 0.6) is 0 Å². The number of methoxy groups -OCH3 is 1. The molecule has 1 amide bonds. The van der Waals surface area contributed by atoms with Gasteiger partial charge in [0.15, 0.2) is 0 Å². The maximum Gasteiger partial charge on any atom is 0.416 e. The molecule has 1 aliphatic carbocycles. The van der Waals surface area contributed by atoms with Crippen LogP contribution in [0.2, 0.25) is 0 Å². The Morgan fingerprint density at radius 2 is 1.68 bits per heavy atom. The molecule has 5 nitrogen and oxygen atoms in total. The van der Waals surface area contributed by atoms with Crippen molar-refractivity contribution >= 4 is 48.8 Å². The summed E-state index contributed by atoms with van der Waals surface area (Å²) in [5.74, 6) is -0.0636. The van der Waals surface area contributed by atoms with Crippen molar-refractivity contribution in [1.29, 1.82) is 0 Å². The summed E-state index contributed by atoms with van der Waals surface area (Å²) in [4.78, 5) is 15.6. The number of hydrogen-bond donors (Lipinski definition) is 1. The lowest BCUT2D eigenvalue weighted by atomic mass is 9.84. The summed E-state index contributed by atoms with van der Waals surface area (Å²) in [6, 6.07) is 2.82. The third kappa shape index (κ3) is 9.57. The highest BCUT2D eigenvalue weighted by atomic mass is 35.5. The van der Waals surface area contributed by atoms with Crippen LogP contribution >= 0.6 is 37.2 Å². The molecule has 1 aromatic rings. The first-order valence-electron chi connectivity index (χ1n) is 10.9. The molecule has 1 heterocycles. The minimum atomic E-state index is -4.48. The first-order valence-corrected chi connectivity index (χ1v) is 10.9. The summed E-state index contributed by atoms with van der Waals surface area (Å²) in [7, 11) is 1.51. The highest BCUT2D eigenvalue weighted by Crippen LogP contribution is 2.33. The average Bonchev–Trinajstić information content (AvgIpc) is 2.73. The number of halogens is 7. The van der Waals surface area contributed by atoms with Crippen LogP contribution in [0.15, 0.2) is 18.2 Å². The maximum absolute atomic E-state index is 14.1. The van der Waals surface area contributed by atoms with Gasteiger partial charge in [0, 0.05) is 39.3 Å². The van der Waals surface area contributed by atoms with Crippen LogP contribution in [0.3, 0.4) is 0 Å². The molecule has 0 aromatic heterocycles. The third-order valence-electron chi connectivity index (χ3n) is 6.33. The predicted molar refractivity (Wildman–Crippen MR) is 132 cm³/mol.